The van der Waals surface area contributed by atoms with Gasteiger partial charge in [-0.2, -0.15) is 0 Å². The smallest absolute Gasteiger partial charge is 0.283 e. The number of hydrogen-bond acceptors (Lipinski definition) is 3. The lowest BCUT2D eigenvalue weighted by Gasteiger charge is -2.16. The van der Waals surface area contributed by atoms with Crippen molar-refractivity contribution in [3.63, 3.8) is 0 Å². The highest BCUT2D eigenvalue weighted by Gasteiger charge is 2.39. The van der Waals surface area contributed by atoms with Gasteiger partial charge in [0.15, 0.2) is 0 Å². The Morgan fingerprint density at radius 3 is 2.33 bits per heavy atom. The monoisotopic (exact) mass is 380 g/mol. The van der Waals surface area contributed by atoms with E-state index < -0.39 is 11.8 Å². The Hall–Kier alpha value is -2.01. The lowest BCUT2D eigenvalue weighted by atomic mass is 10.2. The number of carbonyl (C=O) groups is 2. The van der Waals surface area contributed by atoms with Gasteiger partial charge in [-0.3, -0.25) is 9.59 Å². The molecule has 0 fully saturated rings. The highest BCUT2D eigenvalue weighted by molar-refractivity contribution is 6.53. The number of rotatable bonds is 4. The second-order valence-electron chi connectivity index (χ2n) is 5.07. The van der Waals surface area contributed by atoms with E-state index in [0.717, 1.165) is 10.5 Å². The van der Waals surface area contributed by atoms with Crippen molar-refractivity contribution in [1.82, 2.24) is 5.32 Å². The summed E-state index contributed by atoms with van der Waals surface area (Å²) in [6.45, 7) is 0.364. The van der Waals surface area contributed by atoms with Crippen molar-refractivity contribution in [2.24, 2.45) is 0 Å². The second kappa shape index (κ2) is 6.85. The number of benzene rings is 2. The normalized spacial score (nSPS) is 14.5. The SMILES string of the molecule is O=C1C(Cl)=C(NCc2ccccc2)C(=O)N1c1cc(Cl)ccc1Cl. The van der Waals surface area contributed by atoms with Crippen molar-refractivity contribution in [2.75, 3.05) is 4.90 Å². The number of anilines is 1. The quantitative estimate of drug-likeness (QED) is 0.811. The van der Waals surface area contributed by atoms with Crippen molar-refractivity contribution in [3.05, 3.63) is 74.9 Å². The molecule has 0 bridgehead atoms. The molecule has 1 aliphatic heterocycles. The summed E-state index contributed by atoms with van der Waals surface area (Å²) in [6.07, 6.45) is 0. The van der Waals surface area contributed by atoms with Crippen LogP contribution >= 0.6 is 34.8 Å². The van der Waals surface area contributed by atoms with Crippen LogP contribution in [0.3, 0.4) is 0 Å². The molecular weight excluding hydrogens is 371 g/mol. The number of nitrogens with one attached hydrogen (secondary N) is 1. The summed E-state index contributed by atoms with van der Waals surface area (Å²) in [7, 11) is 0. The lowest BCUT2D eigenvalue weighted by Crippen LogP contribution is -2.33. The minimum absolute atomic E-state index is 0.0431. The van der Waals surface area contributed by atoms with Crippen LogP contribution in [0.2, 0.25) is 10.0 Å². The Morgan fingerprint density at radius 1 is 0.917 bits per heavy atom. The average Bonchev–Trinajstić information content (AvgIpc) is 2.79. The highest BCUT2D eigenvalue weighted by Crippen LogP contribution is 2.34. The van der Waals surface area contributed by atoms with E-state index in [1.165, 1.54) is 12.1 Å². The van der Waals surface area contributed by atoms with E-state index in [2.05, 4.69) is 5.32 Å². The van der Waals surface area contributed by atoms with E-state index in [1.54, 1.807) is 6.07 Å². The maximum Gasteiger partial charge on any atom is 0.283 e. The maximum atomic E-state index is 12.6. The van der Waals surface area contributed by atoms with E-state index in [0.29, 0.717) is 11.6 Å². The van der Waals surface area contributed by atoms with Gasteiger partial charge in [0, 0.05) is 11.6 Å². The van der Waals surface area contributed by atoms with Gasteiger partial charge in [-0.1, -0.05) is 65.1 Å². The molecule has 4 nitrogen and oxygen atoms in total. The first-order valence-corrected chi connectivity index (χ1v) is 8.14. The molecule has 0 saturated carbocycles. The van der Waals surface area contributed by atoms with E-state index in [9.17, 15) is 9.59 Å². The number of imide groups is 1. The summed E-state index contributed by atoms with van der Waals surface area (Å²) in [5, 5.41) is 3.34. The summed E-state index contributed by atoms with van der Waals surface area (Å²) >= 11 is 18.1. The topological polar surface area (TPSA) is 49.4 Å². The van der Waals surface area contributed by atoms with E-state index in [4.69, 9.17) is 34.8 Å². The molecule has 2 amide bonds. The third-order valence-electron chi connectivity index (χ3n) is 3.49. The zero-order valence-corrected chi connectivity index (χ0v) is 14.5. The van der Waals surface area contributed by atoms with Crippen molar-refractivity contribution in [2.45, 2.75) is 6.54 Å². The molecule has 0 aromatic heterocycles. The van der Waals surface area contributed by atoms with E-state index >= 15 is 0 Å². The van der Waals surface area contributed by atoms with Crippen LogP contribution in [0, 0.1) is 0 Å². The Balaban J connectivity index is 1.86. The molecule has 24 heavy (non-hydrogen) atoms. The molecule has 2 aromatic carbocycles. The third kappa shape index (κ3) is 3.13. The van der Waals surface area contributed by atoms with Crippen LogP contribution in [0.5, 0.6) is 0 Å². The van der Waals surface area contributed by atoms with Gasteiger partial charge < -0.3 is 5.32 Å². The zero-order valence-electron chi connectivity index (χ0n) is 12.2. The number of halogens is 3. The Morgan fingerprint density at radius 2 is 1.62 bits per heavy atom. The first kappa shape index (κ1) is 16.8. The summed E-state index contributed by atoms with van der Waals surface area (Å²) in [4.78, 5) is 25.9. The number of carbonyl (C=O) groups excluding carboxylic acids is 2. The molecule has 122 valence electrons. The Bertz CT molecular complexity index is 850. The van der Waals surface area contributed by atoms with Gasteiger partial charge in [-0.05, 0) is 23.8 Å². The Labute approximate surface area is 153 Å². The molecular formula is C17H11Cl3N2O2. The molecule has 0 radical (unpaired) electrons. The summed E-state index contributed by atoms with van der Waals surface area (Å²) in [6, 6.07) is 14.0. The molecule has 0 spiro atoms. The molecule has 1 N–H and O–H groups in total. The predicted molar refractivity (Wildman–Crippen MR) is 95.1 cm³/mol. The van der Waals surface area contributed by atoms with E-state index in [-0.39, 0.29) is 21.4 Å². The standard InChI is InChI=1S/C17H11Cl3N2O2/c18-11-6-7-12(19)13(8-11)22-16(23)14(20)15(17(22)24)21-9-10-4-2-1-3-5-10/h1-8,21H,9H2. The number of nitrogens with zero attached hydrogens (tertiary/aromatic N) is 1. The van der Waals surface area contributed by atoms with Gasteiger partial charge in [0.1, 0.15) is 10.7 Å². The predicted octanol–water partition coefficient (Wildman–Crippen LogP) is 4.11. The fourth-order valence-corrected chi connectivity index (χ4v) is 2.92. The lowest BCUT2D eigenvalue weighted by molar-refractivity contribution is -0.120. The van der Waals surface area contributed by atoms with Crippen LogP contribution in [0.25, 0.3) is 0 Å². The van der Waals surface area contributed by atoms with Crippen LogP contribution in [-0.2, 0) is 16.1 Å². The van der Waals surface area contributed by atoms with Gasteiger partial charge in [-0.25, -0.2) is 4.90 Å². The van der Waals surface area contributed by atoms with Crippen molar-refractivity contribution >= 4 is 52.3 Å². The van der Waals surface area contributed by atoms with Crippen LogP contribution < -0.4 is 10.2 Å². The molecule has 0 unspecified atom stereocenters. The largest absolute Gasteiger partial charge is 0.375 e. The highest BCUT2D eigenvalue weighted by atomic mass is 35.5. The van der Waals surface area contributed by atoms with E-state index in [1.807, 2.05) is 30.3 Å². The van der Waals surface area contributed by atoms with Crippen LogP contribution in [-0.4, -0.2) is 11.8 Å². The molecule has 7 heteroatoms. The zero-order chi connectivity index (χ0) is 17.3. The second-order valence-corrected chi connectivity index (χ2v) is 6.29. The maximum absolute atomic E-state index is 12.6. The minimum Gasteiger partial charge on any atom is -0.375 e. The van der Waals surface area contributed by atoms with Gasteiger partial charge in [0.05, 0.1) is 10.7 Å². The fraction of sp³-hybridized carbons (Fsp3) is 0.0588. The first-order valence-electron chi connectivity index (χ1n) is 7.00. The van der Waals surface area contributed by atoms with Gasteiger partial charge in [0.2, 0.25) is 0 Å². The fourth-order valence-electron chi connectivity index (χ4n) is 2.32. The minimum atomic E-state index is -0.638. The van der Waals surface area contributed by atoms with Gasteiger partial charge in [-0.15, -0.1) is 0 Å². The Kier molecular flexibility index (Phi) is 4.81. The molecule has 0 atom stereocenters. The summed E-state index contributed by atoms with van der Waals surface area (Å²) in [5.74, 6) is -1.20. The first-order chi connectivity index (χ1) is 11.5. The van der Waals surface area contributed by atoms with Crippen molar-refractivity contribution in [1.29, 1.82) is 0 Å². The average molecular weight is 382 g/mol. The van der Waals surface area contributed by atoms with Crippen LogP contribution in [0.15, 0.2) is 59.3 Å². The molecule has 1 aliphatic rings. The summed E-state index contributed by atoms with van der Waals surface area (Å²) < 4.78 is 0. The molecule has 1 heterocycles. The van der Waals surface area contributed by atoms with Crippen LogP contribution in [0.1, 0.15) is 5.56 Å². The van der Waals surface area contributed by atoms with Crippen molar-refractivity contribution in [3.8, 4) is 0 Å². The van der Waals surface area contributed by atoms with Gasteiger partial charge >= 0.3 is 0 Å². The van der Waals surface area contributed by atoms with Crippen molar-refractivity contribution < 1.29 is 9.59 Å². The van der Waals surface area contributed by atoms with Crippen LogP contribution in [0.4, 0.5) is 5.69 Å². The van der Waals surface area contributed by atoms with Gasteiger partial charge in [0.25, 0.3) is 11.8 Å². The summed E-state index contributed by atoms with van der Waals surface area (Å²) in [5.41, 5.74) is 1.20. The third-order valence-corrected chi connectivity index (χ3v) is 4.39. The number of hydrogen-bond donors (Lipinski definition) is 1. The molecule has 3 rings (SSSR count). The molecule has 0 aliphatic carbocycles. The molecule has 2 aromatic rings. The number of amides is 2. The molecule has 0 saturated heterocycles.